The summed E-state index contributed by atoms with van der Waals surface area (Å²) in [6, 6.07) is 6.12. The number of hydrogen-bond donors (Lipinski definition) is 2. The van der Waals surface area contributed by atoms with E-state index in [9.17, 15) is 5.11 Å². The molecule has 2 N–H and O–H groups in total. The molecular weight excluding hydrogens is 274 g/mol. The van der Waals surface area contributed by atoms with Crippen molar-refractivity contribution in [2.24, 2.45) is 7.05 Å². The molecule has 2 heterocycles. The Morgan fingerprint density at radius 1 is 1.14 bits per heavy atom. The summed E-state index contributed by atoms with van der Waals surface area (Å²) in [7, 11) is 2.02. The lowest BCUT2D eigenvalue weighted by atomic mass is 10.0. The Balaban J connectivity index is 2.15. The van der Waals surface area contributed by atoms with Crippen LogP contribution in [-0.2, 0) is 7.05 Å². The fourth-order valence-electron chi connectivity index (χ4n) is 2.81. The van der Waals surface area contributed by atoms with Crippen molar-refractivity contribution in [1.82, 2.24) is 14.5 Å². The quantitative estimate of drug-likeness (QED) is 0.746. The van der Waals surface area contributed by atoms with E-state index in [1.54, 1.807) is 0 Å². The van der Waals surface area contributed by atoms with Gasteiger partial charge in [0.15, 0.2) is 5.82 Å². The Bertz CT molecular complexity index is 824. The number of aromatic amines is 1. The van der Waals surface area contributed by atoms with E-state index in [2.05, 4.69) is 54.5 Å². The monoisotopic (exact) mass is 297 g/mol. The molecule has 0 bridgehead atoms. The molecule has 0 radical (unpaired) electrons. The van der Waals surface area contributed by atoms with E-state index in [1.165, 1.54) is 5.56 Å². The molecule has 0 aliphatic heterocycles. The Hall–Kier alpha value is -2.23. The van der Waals surface area contributed by atoms with Crippen molar-refractivity contribution >= 4 is 11.0 Å². The molecule has 0 saturated heterocycles. The van der Waals surface area contributed by atoms with Crippen LogP contribution in [0.5, 0.6) is 5.75 Å². The number of aryl methyl sites for hydroxylation is 1. The summed E-state index contributed by atoms with van der Waals surface area (Å²) < 4.78 is 2.08. The van der Waals surface area contributed by atoms with Gasteiger partial charge < -0.3 is 14.7 Å². The van der Waals surface area contributed by atoms with Gasteiger partial charge in [-0.05, 0) is 35.1 Å². The van der Waals surface area contributed by atoms with Gasteiger partial charge in [-0.2, -0.15) is 0 Å². The lowest BCUT2D eigenvalue weighted by Gasteiger charge is -2.07. The second kappa shape index (κ2) is 5.20. The normalized spacial score (nSPS) is 12.0. The predicted molar refractivity (Wildman–Crippen MR) is 90.3 cm³/mol. The van der Waals surface area contributed by atoms with Crippen LogP contribution < -0.4 is 0 Å². The van der Waals surface area contributed by atoms with Crippen LogP contribution in [0, 0.1) is 0 Å². The van der Waals surface area contributed by atoms with Crippen LogP contribution in [-0.4, -0.2) is 19.6 Å². The number of nitrogens with one attached hydrogen (secondary N) is 1. The Morgan fingerprint density at radius 2 is 1.86 bits per heavy atom. The predicted octanol–water partition coefficient (Wildman–Crippen LogP) is 4.52. The van der Waals surface area contributed by atoms with Gasteiger partial charge in [0.1, 0.15) is 11.3 Å². The number of imidazole rings is 1. The number of nitrogens with zero attached hydrogens (tertiary/aromatic N) is 2. The number of H-pyrrole nitrogens is 1. The summed E-state index contributed by atoms with van der Waals surface area (Å²) in [5.74, 6) is 1.83. The number of phenolic OH excluding ortho intramolecular Hbond substituents is 1. The number of rotatable bonds is 3. The van der Waals surface area contributed by atoms with E-state index < -0.39 is 0 Å². The highest BCUT2D eigenvalue weighted by Crippen LogP contribution is 2.34. The topological polar surface area (TPSA) is 53.8 Å². The van der Waals surface area contributed by atoms with E-state index in [4.69, 9.17) is 0 Å². The lowest BCUT2D eigenvalue weighted by molar-refractivity contribution is 0.470. The molecule has 0 unspecified atom stereocenters. The van der Waals surface area contributed by atoms with Crippen LogP contribution in [0.25, 0.3) is 22.6 Å². The lowest BCUT2D eigenvalue weighted by Crippen LogP contribution is -1.90. The van der Waals surface area contributed by atoms with Crippen molar-refractivity contribution in [2.75, 3.05) is 0 Å². The first kappa shape index (κ1) is 14.7. The summed E-state index contributed by atoms with van der Waals surface area (Å²) in [5, 5.41) is 10.5. The molecule has 4 nitrogen and oxygen atoms in total. The number of hydrogen-bond acceptors (Lipinski definition) is 2. The first-order valence-electron chi connectivity index (χ1n) is 7.76. The maximum absolute atomic E-state index is 10.5. The van der Waals surface area contributed by atoms with Gasteiger partial charge in [-0.1, -0.05) is 33.8 Å². The van der Waals surface area contributed by atoms with Crippen LogP contribution in [0.2, 0.25) is 0 Å². The fourth-order valence-corrected chi connectivity index (χ4v) is 2.81. The first-order chi connectivity index (χ1) is 10.4. The summed E-state index contributed by atoms with van der Waals surface area (Å²) in [6.07, 6.45) is 2.13. The van der Waals surface area contributed by atoms with Gasteiger partial charge >= 0.3 is 0 Å². The van der Waals surface area contributed by atoms with Gasteiger partial charge in [-0.15, -0.1) is 0 Å². The molecule has 0 spiro atoms. The van der Waals surface area contributed by atoms with E-state index in [-0.39, 0.29) is 11.7 Å². The number of aromatic nitrogens is 3. The maximum Gasteiger partial charge on any atom is 0.155 e. The summed E-state index contributed by atoms with van der Waals surface area (Å²) >= 11 is 0. The van der Waals surface area contributed by atoms with Crippen molar-refractivity contribution in [1.29, 1.82) is 0 Å². The largest absolute Gasteiger partial charge is 0.505 e. The first-order valence-corrected chi connectivity index (χ1v) is 7.76. The van der Waals surface area contributed by atoms with Crippen molar-refractivity contribution in [3.8, 4) is 17.3 Å². The Labute approximate surface area is 130 Å². The van der Waals surface area contributed by atoms with Crippen LogP contribution in [0.3, 0.4) is 0 Å². The molecule has 0 fully saturated rings. The molecule has 0 aliphatic carbocycles. The molecule has 2 aromatic heterocycles. The van der Waals surface area contributed by atoms with Gasteiger partial charge in [0.05, 0.1) is 11.2 Å². The van der Waals surface area contributed by atoms with Crippen molar-refractivity contribution in [3.05, 3.63) is 35.5 Å². The van der Waals surface area contributed by atoms with Gasteiger partial charge in [0, 0.05) is 13.2 Å². The molecule has 3 aromatic rings. The molecule has 116 valence electrons. The molecule has 22 heavy (non-hydrogen) atoms. The van der Waals surface area contributed by atoms with Gasteiger partial charge in [0.25, 0.3) is 0 Å². The minimum Gasteiger partial charge on any atom is -0.505 e. The second-order valence-electron chi connectivity index (χ2n) is 6.56. The molecular formula is C18H23N3O. The van der Waals surface area contributed by atoms with E-state index >= 15 is 0 Å². The molecule has 4 heteroatoms. The summed E-state index contributed by atoms with van der Waals surface area (Å²) in [4.78, 5) is 7.95. The number of fused-ring (bicyclic) bond motifs is 1. The highest BCUT2D eigenvalue weighted by molar-refractivity contribution is 5.85. The van der Waals surface area contributed by atoms with Crippen LogP contribution in [0.15, 0.2) is 24.4 Å². The third-order valence-corrected chi connectivity index (χ3v) is 4.22. The van der Waals surface area contributed by atoms with Gasteiger partial charge in [0.2, 0.25) is 0 Å². The van der Waals surface area contributed by atoms with Crippen molar-refractivity contribution in [2.45, 2.75) is 39.5 Å². The zero-order chi connectivity index (χ0) is 16.0. The van der Waals surface area contributed by atoms with E-state index in [0.29, 0.717) is 11.4 Å². The minimum absolute atomic E-state index is 0.270. The van der Waals surface area contributed by atoms with Gasteiger partial charge in [-0.25, -0.2) is 4.98 Å². The van der Waals surface area contributed by atoms with E-state index in [0.717, 1.165) is 22.6 Å². The molecule has 1 aromatic carbocycles. The second-order valence-corrected chi connectivity index (χ2v) is 6.56. The third kappa shape index (κ3) is 2.28. The minimum atomic E-state index is 0.270. The zero-order valence-electron chi connectivity index (χ0n) is 13.8. The highest BCUT2D eigenvalue weighted by Gasteiger charge is 2.16. The van der Waals surface area contributed by atoms with Crippen LogP contribution in [0.4, 0.5) is 0 Å². The smallest absolute Gasteiger partial charge is 0.155 e. The molecule has 0 saturated carbocycles. The third-order valence-electron chi connectivity index (χ3n) is 4.22. The average molecular weight is 297 g/mol. The standard InChI is InChI=1S/C18H23N3O/c1-10(2)12-8-15(21(5)9-12)18-19-14-7-6-13(11(3)4)17(22)16(14)20-18/h6-11,22H,1-5H3,(H,19,20). The fraction of sp³-hybridized carbons (Fsp3) is 0.389. The van der Waals surface area contributed by atoms with Crippen molar-refractivity contribution < 1.29 is 5.11 Å². The summed E-state index contributed by atoms with van der Waals surface area (Å²) in [6.45, 7) is 8.50. The van der Waals surface area contributed by atoms with Crippen LogP contribution >= 0.6 is 0 Å². The van der Waals surface area contributed by atoms with Crippen molar-refractivity contribution in [3.63, 3.8) is 0 Å². The summed E-state index contributed by atoms with van der Waals surface area (Å²) in [5.41, 5.74) is 4.76. The molecule has 0 amide bonds. The van der Waals surface area contributed by atoms with Gasteiger partial charge in [-0.3, -0.25) is 0 Å². The maximum atomic E-state index is 10.5. The van der Waals surface area contributed by atoms with Crippen LogP contribution in [0.1, 0.15) is 50.7 Å². The number of aromatic hydroxyl groups is 1. The highest BCUT2D eigenvalue weighted by atomic mass is 16.3. The SMILES string of the molecule is CC(C)c1cc(-c2nc3c(O)c(C(C)C)ccc3[nH]2)n(C)c1. The zero-order valence-corrected chi connectivity index (χ0v) is 13.8. The number of benzene rings is 1. The Morgan fingerprint density at radius 3 is 2.45 bits per heavy atom. The molecule has 3 rings (SSSR count). The number of phenols is 1. The molecule has 0 aliphatic rings. The Kier molecular flexibility index (Phi) is 3.47. The average Bonchev–Trinajstić information content (AvgIpc) is 3.02. The molecule has 0 atom stereocenters. The van der Waals surface area contributed by atoms with E-state index in [1.807, 2.05) is 19.2 Å².